The van der Waals surface area contributed by atoms with Crippen molar-refractivity contribution in [2.45, 2.75) is 11.5 Å². The molecule has 0 spiro atoms. The lowest BCUT2D eigenvalue weighted by molar-refractivity contribution is -0.0889. The summed E-state index contributed by atoms with van der Waals surface area (Å²) in [5.41, 5.74) is -1.38. The Labute approximate surface area is 117 Å². The molecule has 3 rings (SSSR count). The van der Waals surface area contributed by atoms with Gasteiger partial charge in [0.15, 0.2) is 5.60 Å². The Hall–Kier alpha value is -1.33. The van der Waals surface area contributed by atoms with Crippen LogP contribution in [0.25, 0.3) is 0 Å². The highest BCUT2D eigenvalue weighted by Gasteiger charge is 2.67. The highest BCUT2D eigenvalue weighted by Crippen LogP contribution is 2.55. The molecule has 1 aromatic heterocycles. The number of benzene rings is 1. The van der Waals surface area contributed by atoms with E-state index in [9.17, 15) is 8.78 Å². The van der Waals surface area contributed by atoms with Crippen molar-refractivity contribution in [2.24, 2.45) is 0 Å². The molecule has 0 aliphatic carbocycles. The molecule has 19 heavy (non-hydrogen) atoms. The molecule has 1 aliphatic rings. The third-order valence-electron chi connectivity index (χ3n) is 3.23. The summed E-state index contributed by atoms with van der Waals surface area (Å²) in [5.74, 6) is -3.16. The fourth-order valence-corrected chi connectivity index (χ4v) is 2.31. The largest absolute Gasteiger partial charge is 0.357 e. The Morgan fingerprint density at radius 2 is 1.84 bits per heavy atom. The van der Waals surface area contributed by atoms with Gasteiger partial charge >= 0.3 is 5.92 Å². The van der Waals surface area contributed by atoms with Crippen LogP contribution in [0.3, 0.4) is 0 Å². The summed E-state index contributed by atoms with van der Waals surface area (Å²) in [4.78, 5) is 3.80. The van der Waals surface area contributed by atoms with Crippen molar-refractivity contribution >= 4 is 15.9 Å². The van der Waals surface area contributed by atoms with E-state index in [0.29, 0.717) is 10.0 Å². The second kappa shape index (κ2) is 4.35. The second-order valence-electron chi connectivity index (χ2n) is 4.42. The summed E-state index contributed by atoms with van der Waals surface area (Å²) >= 11 is 3.18. The molecule has 0 radical (unpaired) electrons. The zero-order valence-corrected chi connectivity index (χ0v) is 11.4. The van der Waals surface area contributed by atoms with E-state index in [1.54, 1.807) is 36.4 Å². The molecule has 1 fully saturated rings. The van der Waals surface area contributed by atoms with Crippen LogP contribution in [-0.2, 0) is 16.3 Å². The molecule has 2 heterocycles. The van der Waals surface area contributed by atoms with E-state index in [1.807, 2.05) is 0 Å². The number of halogens is 3. The van der Waals surface area contributed by atoms with E-state index in [2.05, 4.69) is 20.9 Å². The Bertz CT molecular complexity index is 582. The number of aromatic nitrogens is 1. The molecule has 0 saturated carbocycles. The van der Waals surface area contributed by atoms with E-state index in [4.69, 9.17) is 4.74 Å². The van der Waals surface area contributed by atoms with Crippen molar-refractivity contribution in [1.82, 2.24) is 4.98 Å². The van der Waals surface area contributed by atoms with Crippen LogP contribution in [0, 0.1) is 0 Å². The number of hydrogen-bond acceptors (Lipinski definition) is 2. The molecule has 0 bridgehead atoms. The number of epoxide rings is 1. The maximum Gasteiger partial charge on any atom is 0.324 e. The smallest absolute Gasteiger partial charge is 0.324 e. The second-order valence-corrected chi connectivity index (χ2v) is 5.33. The summed E-state index contributed by atoms with van der Waals surface area (Å²) < 4.78 is 35.0. The number of pyridine rings is 1. The summed E-state index contributed by atoms with van der Waals surface area (Å²) in [6, 6.07) is 11.4. The molecule has 2 aromatic rings. The molecular formula is C14H10BrF2NO. The Morgan fingerprint density at radius 1 is 1.16 bits per heavy atom. The first kappa shape index (κ1) is 12.7. The predicted molar refractivity (Wildman–Crippen MR) is 69.9 cm³/mol. The number of ether oxygens (including phenoxy) is 1. The van der Waals surface area contributed by atoms with Gasteiger partial charge in [0.05, 0.1) is 6.61 Å². The van der Waals surface area contributed by atoms with Crippen LogP contribution in [0.4, 0.5) is 8.78 Å². The van der Waals surface area contributed by atoms with Gasteiger partial charge in [-0.25, -0.2) is 0 Å². The quantitative estimate of drug-likeness (QED) is 0.801. The zero-order chi connectivity index (χ0) is 13.5. The normalized spacial score (nSPS) is 22.3. The van der Waals surface area contributed by atoms with Crippen molar-refractivity contribution in [3.63, 3.8) is 0 Å². The zero-order valence-electron chi connectivity index (χ0n) is 9.82. The maximum atomic E-state index is 14.6. The van der Waals surface area contributed by atoms with E-state index < -0.39 is 11.5 Å². The fraction of sp³-hybridized carbons (Fsp3) is 0.214. The van der Waals surface area contributed by atoms with Crippen LogP contribution in [-0.4, -0.2) is 11.6 Å². The first-order valence-electron chi connectivity index (χ1n) is 5.76. The minimum atomic E-state index is -3.16. The molecule has 0 amide bonds. The van der Waals surface area contributed by atoms with Gasteiger partial charge in [0.2, 0.25) is 0 Å². The number of hydrogen-bond donors (Lipinski definition) is 0. The minimum Gasteiger partial charge on any atom is -0.357 e. The Morgan fingerprint density at radius 3 is 2.37 bits per heavy atom. The van der Waals surface area contributed by atoms with Gasteiger partial charge in [0.1, 0.15) is 5.69 Å². The van der Waals surface area contributed by atoms with Crippen molar-refractivity contribution < 1.29 is 13.5 Å². The van der Waals surface area contributed by atoms with Crippen molar-refractivity contribution in [3.05, 3.63) is 64.4 Å². The minimum absolute atomic E-state index is 0.00174. The topological polar surface area (TPSA) is 25.4 Å². The maximum absolute atomic E-state index is 14.6. The van der Waals surface area contributed by atoms with Gasteiger partial charge in [-0.1, -0.05) is 30.3 Å². The SMILES string of the molecule is FC(F)(c1ccc(Br)cn1)C1(c2ccccc2)CO1. The summed E-state index contributed by atoms with van der Waals surface area (Å²) in [6.45, 7) is 0.00174. The Kier molecular flexibility index (Phi) is 2.91. The molecule has 5 heteroatoms. The third-order valence-corrected chi connectivity index (χ3v) is 3.70. The van der Waals surface area contributed by atoms with Crippen LogP contribution in [0.2, 0.25) is 0 Å². The van der Waals surface area contributed by atoms with Crippen molar-refractivity contribution in [1.29, 1.82) is 0 Å². The van der Waals surface area contributed by atoms with Crippen LogP contribution < -0.4 is 0 Å². The van der Waals surface area contributed by atoms with E-state index in [0.717, 1.165) is 0 Å². The van der Waals surface area contributed by atoms with Gasteiger partial charge in [-0.3, -0.25) is 4.98 Å². The van der Waals surface area contributed by atoms with Crippen LogP contribution in [0.15, 0.2) is 53.1 Å². The Balaban J connectivity index is 2.03. The molecule has 0 N–H and O–H groups in total. The highest BCUT2D eigenvalue weighted by atomic mass is 79.9. The summed E-state index contributed by atoms with van der Waals surface area (Å²) in [5, 5.41) is 0. The van der Waals surface area contributed by atoms with Gasteiger partial charge in [-0.2, -0.15) is 8.78 Å². The number of nitrogens with zero attached hydrogens (tertiary/aromatic N) is 1. The summed E-state index contributed by atoms with van der Waals surface area (Å²) in [6.07, 6.45) is 1.37. The van der Waals surface area contributed by atoms with Crippen LogP contribution in [0.1, 0.15) is 11.3 Å². The molecule has 2 nitrogen and oxygen atoms in total. The number of rotatable bonds is 3. The average molecular weight is 326 g/mol. The standard InChI is InChI=1S/C14H10BrF2NO/c15-11-6-7-12(18-8-11)14(16,17)13(9-19-13)10-4-2-1-3-5-10/h1-8H,9H2. The average Bonchev–Trinajstić information content (AvgIpc) is 3.22. The lowest BCUT2D eigenvalue weighted by Gasteiger charge is -2.23. The molecule has 1 aromatic carbocycles. The molecule has 1 aliphatic heterocycles. The van der Waals surface area contributed by atoms with Gasteiger partial charge < -0.3 is 4.74 Å². The molecule has 1 atom stereocenters. The van der Waals surface area contributed by atoms with E-state index >= 15 is 0 Å². The first-order chi connectivity index (χ1) is 9.06. The lowest BCUT2D eigenvalue weighted by Crippen LogP contribution is -2.33. The fourth-order valence-electron chi connectivity index (χ4n) is 2.08. The molecule has 98 valence electrons. The van der Waals surface area contributed by atoms with Gasteiger partial charge in [0.25, 0.3) is 0 Å². The first-order valence-corrected chi connectivity index (χ1v) is 6.55. The monoisotopic (exact) mass is 325 g/mol. The lowest BCUT2D eigenvalue weighted by atomic mass is 9.91. The van der Waals surface area contributed by atoms with E-state index in [-0.39, 0.29) is 12.3 Å². The van der Waals surface area contributed by atoms with Gasteiger partial charge in [0, 0.05) is 10.7 Å². The molecular weight excluding hydrogens is 316 g/mol. The highest BCUT2D eigenvalue weighted by molar-refractivity contribution is 9.10. The third kappa shape index (κ3) is 1.97. The van der Waals surface area contributed by atoms with Gasteiger partial charge in [-0.15, -0.1) is 0 Å². The van der Waals surface area contributed by atoms with Crippen LogP contribution in [0.5, 0.6) is 0 Å². The van der Waals surface area contributed by atoms with Gasteiger partial charge in [-0.05, 0) is 33.6 Å². The van der Waals surface area contributed by atoms with Crippen molar-refractivity contribution in [3.8, 4) is 0 Å². The predicted octanol–water partition coefficient (Wildman–Crippen LogP) is 3.86. The summed E-state index contributed by atoms with van der Waals surface area (Å²) in [7, 11) is 0. The van der Waals surface area contributed by atoms with E-state index in [1.165, 1.54) is 12.3 Å². The van der Waals surface area contributed by atoms with Crippen LogP contribution >= 0.6 is 15.9 Å². The molecule has 1 saturated heterocycles. The molecule has 1 unspecified atom stereocenters. The van der Waals surface area contributed by atoms with Crippen molar-refractivity contribution in [2.75, 3.05) is 6.61 Å². The number of alkyl halides is 2.